The number of hydrogen-bond acceptors (Lipinski definition) is 2. The van der Waals surface area contributed by atoms with Crippen LogP contribution < -0.4 is 5.32 Å². The van der Waals surface area contributed by atoms with E-state index in [-0.39, 0.29) is 0 Å². The molecule has 0 bridgehead atoms. The molecule has 1 N–H and O–H groups in total. The van der Waals surface area contributed by atoms with Crippen LogP contribution >= 0.6 is 0 Å². The van der Waals surface area contributed by atoms with Gasteiger partial charge < -0.3 is 5.32 Å². The molecule has 2 aliphatic rings. The standard InChI is InChI=1S/C11H22N2/c1-3-10-5-4-9(2)13(8-10)11-6-12-7-11/h9-12H,3-8H2,1-2H3/t9-,10-/m1/s1. The minimum absolute atomic E-state index is 0.829. The Labute approximate surface area is 81.7 Å². The number of rotatable bonds is 2. The first-order valence-corrected chi connectivity index (χ1v) is 5.77. The largest absolute Gasteiger partial charge is 0.314 e. The molecule has 2 rings (SSSR count). The molecule has 0 saturated carbocycles. The quantitative estimate of drug-likeness (QED) is 0.695. The molecular weight excluding hydrogens is 160 g/mol. The van der Waals surface area contributed by atoms with E-state index in [2.05, 4.69) is 24.1 Å². The van der Waals surface area contributed by atoms with Gasteiger partial charge in [0.05, 0.1) is 0 Å². The first-order chi connectivity index (χ1) is 6.31. The molecule has 0 aliphatic carbocycles. The average Bonchev–Trinajstić information content (AvgIpc) is 2.06. The van der Waals surface area contributed by atoms with Crippen molar-refractivity contribution in [2.24, 2.45) is 5.92 Å². The Bertz CT molecular complexity index is 163. The van der Waals surface area contributed by atoms with E-state index in [4.69, 9.17) is 0 Å². The summed E-state index contributed by atoms with van der Waals surface area (Å²) in [4.78, 5) is 2.73. The van der Waals surface area contributed by atoms with Crippen LogP contribution in [0.5, 0.6) is 0 Å². The first kappa shape index (κ1) is 9.47. The zero-order valence-corrected chi connectivity index (χ0v) is 8.92. The highest BCUT2D eigenvalue weighted by Crippen LogP contribution is 2.26. The molecule has 0 aromatic heterocycles. The van der Waals surface area contributed by atoms with E-state index < -0.39 is 0 Å². The molecule has 0 spiro atoms. The van der Waals surface area contributed by atoms with Gasteiger partial charge in [0.25, 0.3) is 0 Å². The molecule has 2 aliphatic heterocycles. The maximum atomic E-state index is 3.37. The van der Waals surface area contributed by atoms with Gasteiger partial charge in [-0.25, -0.2) is 0 Å². The predicted molar refractivity (Wildman–Crippen MR) is 55.8 cm³/mol. The van der Waals surface area contributed by atoms with Crippen LogP contribution in [-0.2, 0) is 0 Å². The fourth-order valence-corrected chi connectivity index (χ4v) is 2.56. The second-order valence-electron chi connectivity index (χ2n) is 4.71. The highest BCUT2D eigenvalue weighted by Gasteiger charge is 2.32. The fraction of sp³-hybridized carbons (Fsp3) is 1.00. The summed E-state index contributed by atoms with van der Waals surface area (Å²) in [5.74, 6) is 0.969. The summed E-state index contributed by atoms with van der Waals surface area (Å²) in [5.41, 5.74) is 0. The summed E-state index contributed by atoms with van der Waals surface area (Å²) in [7, 11) is 0. The van der Waals surface area contributed by atoms with Gasteiger partial charge in [-0.15, -0.1) is 0 Å². The van der Waals surface area contributed by atoms with Crippen LogP contribution in [0.15, 0.2) is 0 Å². The second-order valence-corrected chi connectivity index (χ2v) is 4.71. The van der Waals surface area contributed by atoms with E-state index in [1.165, 1.54) is 38.9 Å². The molecule has 2 atom stereocenters. The SMILES string of the molecule is CC[C@@H]1CC[C@@H](C)N(C2CNC2)C1. The van der Waals surface area contributed by atoms with E-state index in [0.717, 1.165) is 18.0 Å². The van der Waals surface area contributed by atoms with E-state index in [1.54, 1.807) is 0 Å². The zero-order valence-electron chi connectivity index (χ0n) is 8.92. The Hall–Kier alpha value is -0.0800. The van der Waals surface area contributed by atoms with Crippen LogP contribution in [-0.4, -0.2) is 36.6 Å². The van der Waals surface area contributed by atoms with Crippen LogP contribution in [0.3, 0.4) is 0 Å². The van der Waals surface area contributed by atoms with Gasteiger partial charge in [-0.2, -0.15) is 0 Å². The van der Waals surface area contributed by atoms with Crippen molar-refractivity contribution in [2.45, 2.75) is 45.2 Å². The van der Waals surface area contributed by atoms with Gasteiger partial charge >= 0.3 is 0 Å². The van der Waals surface area contributed by atoms with Crippen molar-refractivity contribution < 1.29 is 0 Å². The van der Waals surface area contributed by atoms with E-state index >= 15 is 0 Å². The van der Waals surface area contributed by atoms with Gasteiger partial charge in [0.1, 0.15) is 0 Å². The average molecular weight is 182 g/mol. The highest BCUT2D eigenvalue weighted by molar-refractivity contribution is 4.90. The lowest BCUT2D eigenvalue weighted by Gasteiger charge is -2.46. The van der Waals surface area contributed by atoms with Crippen LogP contribution in [0, 0.1) is 5.92 Å². The van der Waals surface area contributed by atoms with E-state index in [0.29, 0.717) is 0 Å². The summed E-state index contributed by atoms with van der Waals surface area (Å²) in [6, 6.07) is 1.68. The van der Waals surface area contributed by atoms with Gasteiger partial charge in [0, 0.05) is 31.7 Å². The first-order valence-electron chi connectivity index (χ1n) is 5.77. The van der Waals surface area contributed by atoms with E-state index in [1.807, 2.05) is 0 Å². The second kappa shape index (κ2) is 3.97. The molecule has 2 nitrogen and oxygen atoms in total. The molecule has 76 valence electrons. The molecule has 2 fully saturated rings. The van der Waals surface area contributed by atoms with Crippen molar-refractivity contribution in [1.29, 1.82) is 0 Å². The number of hydrogen-bond donors (Lipinski definition) is 1. The van der Waals surface area contributed by atoms with Crippen molar-refractivity contribution in [3.63, 3.8) is 0 Å². The van der Waals surface area contributed by atoms with Crippen molar-refractivity contribution in [1.82, 2.24) is 10.2 Å². The minimum atomic E-state index is 0.829. The molecule has 0 amide bonds. The van der Waals surface area contributed by atoms with Crippen LogP contribution in [0.25, 0.3) is 0 Å². The molecular formula is C11H22N2. The van der Waals surface area contributed by atoms with Crippen LogP contribution in [0.4, 0.5) is 0 Å². The maximum absolute atomic E-state index is 3.37. The summed E-state index contributed by atoms with van der Waals surface area (Å²) < 4.78 is 0. The van der Waals surface area contributed by atoms with Gasteiger partial charge in [-0.05, 0) is 25.7 Å². The van der Waals surface area contributed by atoms with Crippen molar-refractivity contribution in [3.05, 3.63) is 0 Å². The Morgan fingerprint density at radius 2 is 2.08 bits per heavy atom. The van der Waals surface area contributed by atoms with Crippen molar-refractivity contribution in [3.8, 4) is 0 Å². The molecule has 0 radical (unpaired) electrons. The molecule has 2 heteroatoms. The Kier molecular flexibility index (Phi) is 2.89. The van der Waals surface area contributed by atoms with Gasteiger partial charge in [0.2, 0.25) is 0 Å². The lowest BCUT2D eigenvalue weighted by Crippen LogP contribution is -2.61. The summed E-state index contributed by atoms with van der Waals surface area (Å²) in [6.07, 6.45) is 4.23. The molecule has 13 heavy (non-hydrogen) atoms. The van der Waals surface area contributed by atoms with Crippen LogP contribution in [0.1, 0.15) is 33.1 Å². The maximum Gasteiger partial charge on any atom is 0.0348 e. The topological polar surface area (TPSA) is 15.3 Å². The van der Waals surface area contributed by atoms with Gasteiger partial charge in [0.15, 0.2) is 0 Å². The number of piperidine rings is 1. The third kappa shape index (κ3) is 1.89. The molecule has 0 aromatic rings. The third-order valence-corrected chi connectivity index (χ3v) is 3.83. The molecule has 2 heterocycles. The van der Waals surface area contributed by atoms with Gasteiger partial charge in [-0.3, -0.25) is 4.90 Å². The lowest BCUT2D eigenvalue weighted by molar-refractivity contribution is 0.0457. The summed E-state index contributed by atoms with van der Waals surface area (Å²) in [5, 5.41) is 3.37. The predicted octanol–water partition coefficient (Wildman–Crippen LogP) is 1.47. The van der Waals surface area contributed by atoms with Crippen molar-refractivity contribution in [2.75, 3.05) is 19.6 Å². The number of nitrogens with one attached hydrogen (secondary N) is 1. The molecule has 0 aromatic carbocycles. The smallest absolute Gasteiger partial charge is 0.0348 e. The Morgan fingerprint density at radius 1 is 1.31 bits per heavy atom. The zero-order chi connectivity index (χ0) is 9.26. The normalized spacial score (nSPS) is 37.4. The third-order valence-electron chi connectivity index (χ3n) is 3.83. The monoisotopic (exact) mass is 182 g/mol. The minimum Gasteiger partial charge on any atom is -0.314 e. The highest BCUT2D eigenvalue weighted by atomic mass is 15.3. The Morgan fingerprint density at radius 3 is 2.62 bits per heavy atom. The summed E-state index contributed by atoms with van der Waals surface area (Å²) >= 11 is 0. The van der Waals surface area contributed by atoms with Gasteiger partial charge in [-0.1, -0.05) is 13.3 Å². The number of nitrogens with zero attached hydrogens (tertiary/aromatic N) is 1. The van der Waals surface area contributed by atoms with E-state index in [9.17, 15) is 0 Å². The lowest BCUT2D eigenvalue weighted by atomic mass is 9.89. The fourth-order valence-electron chi connectivity index (χ4n) is 2.56. The molecule has 2 saturated heterocycles. The Balaban J connectivity index is 1.90. The summed E-state index contributed by atoms with van der Waals surface area (Å²) in [6.45, 7) is 8.52. The van der Waals surface area contributed by atoms with Crippen molar-refractivity contribution >= 4 is 0 Å². The van der Waals surface area contributed by atoms with Crippen LogP contribution in [0.2, 0.25) is 0 Å². The number of likely N-dealkylation sites (tertiary alicyclic amines) is 1. The molecule has 0 unspecified atom stereocenters.